The minimum atomic E-state index is 0.0959. The van der Waals surface area contributed by atoms with Crippen LogP contribution in [-0.4, -0.2) is 5.78 Å². The van der Waals surface area contributed by atoms with Gasteiger partial charge in [-0.25, -0.2) is 0 Å². The summed E-state index contributed by atoms with van der Waals surface area (Å²) in [7, 11) is 0. The van der Waals surface area contributed by atoms with Crippen LogP contribution >= 0.6 is 11.6 Å². The minimum absolute atomic E-state index is 0.0959. The van der Waals surface area contributed by atoms with E-state index in [0.717, 1.165) is 16.9 Å². The third kappa shape index (κ3) is 4.21. The molecule has 0 fully saturated rings. The Hall–Kier alpha value is -2.58. The molecule has 1 N–H and O–H groups in total. The number of para-hydroxylation sites is 1. The molecule has 0 atom stereocenters. The second-order valence-electron chi connectivity index (χ2n) is 5.29. The third-order valence-corrected chi connectivity index (χ3v) is 3.80. The van der Waals surface area contributed by atoms with Crippen LogP contribution in [0.2, 0.25) is 5.02 Å². The molecule has 3 rings (SSSR count). The van der Waals surface area contributed by atoms with Crippen molar-refractivity contribution in [1.29, 1.82) is 0 Å². The van der Waals surface area contributed by atoms with E-state index in [0.29, 0.717) is 17.0 Å². The lowest BCUT2D eigenvalue weighted by Gasteiger charge is -2.07. The van der Waals surface area contributed by atoms with E-state index in [-0.39, 0.29) is 5.78 Å². The van der Waals surface area contributed by atoms with Crippen LogP contribution in [0.4, 0.5) is 11.4 Å². The van der Waals surface area contributed by atoms with Gasteiger partial charge in [-0.05, 0) is 54.1 Å². The van der Waals surface area contributed by atoms with Crippen molar-refractivity contribution >= 4 is 28.8 Å². The van der Waals surface area contributed by atoms with Crippen molar-refractivity contribution < 1.29 is 4.79 Å². The lowest BCUT2D eigenvalue weighted by atomic mass is 10.0. The Labute approximate surface area is 140 Å². The molecular weight excluding hydrogens is 306 g/mol. The van der Waals surface area contributed by atoms with Crippen molar-refractivity contribution in [3.05, 3.63) is 95.0 Å². The summed E-state index contributed by atoms with van der Waals surface area (Å²) < 4.78 is 0. The summed E-state index contributed by atoms with van der Waals surface area (Å²) in [5.74, 6) is 0.0959. The first-order valence-electron chi connectivity index (χ1n) is 7.40. The van der Waals surface area contributed by atoms with Crippen molar-refractivity contribution in [3.63, 3.8) is 0 Å². The number of hydrogen-bond acceptors (Lipinski definition) is 2. The molecule has 0 saturated carbocycles. The zero-order valence-electron chi connectivity index (χ0n) is 12.5. The van der Waals surface area contributed by atoms with Gasteiger partial charge in [0.05, 0.1) is 0 Å². The second-order valence-corrected chi connectivity index (χ2v) is 5.73. The molecule has 3 aromatic rings. The average molecular weight is 322 g/mol. The van der Waals surface area contributed by atoms with E-state index in [9.17, 15) is 4.79 Å². The van der Waals surface area contributed by atoms with Gasteiger partial charge < -0.3 is 5.32 Å². The molecule has 0 radical (unpaired) electrons. The van der Waals surface area contributed by atoms with Crippen molar-refractivity contribution in [2.24, 2.45) is 0 Å². The standard InChI is InChI=1S/C20H16ClNO/c21-17-10-6-15(7-11-17)14-20(23)16-8-12-19(13-9-16)22-18-4-2-1-3-5-18/h1-13,22H,14H2. The Kier molecular flexibility index (Phi) is 4.74. The van der Waals surface area contributed by atoms with Crippen molar-refractivity contribution in [3.8, 4) is 0 Å². The van der Waals surface area contributed by atoms with Gasteiger partial charge in [0.2, 0.25) is 0 Å². The highest BCUT2D eigenvalue weighted by Gasteiger charge is 2.07. The van der Waals surface area contributed by atoms with Gasteiger partial charge in [-0.3, -0.25) is 4.79 Å². The largest absolute Gasteiger partial charge is 0.356 e. The molecule has 0 aliphatic heterocycles. The minimum Gasteiger partial charge on any atom is -0.356 e. The van der Waals surface area contributed by atoms with E-state index < -0.39 is 0 Å². The number of Topliss-reactive ketones (excluding diaryl/α,β-unsaturated/α-hetero) is 1. The maximum Gasteiger partial charge on any atom is 0.167 e. The Morgan fingerprint density at radius 1 is 0.783 bits per heavy atom. The molecule has 0 bridgehead atoms. The molecule has 3 aromatic carbocycles. The van der Waals surface area contributed by atoms with Crippen LogP contribution in [0.3, 0.4) is 0 Å². The quantitative estimate of drug-likeness (QED) is 0.628. The maximum atomic E-state index is 12.3. The van der Waals surface area contributed by atoms with Gasteiger partial charge in [0, 0.05) is 28.4 Å². The summed E-state index contributed by atoms with van der Waals surface area (Å²) in [6.07, 6.45) is 0.378. The van der Waals surface area contributed by atoms with Crippen molar-refractivity contribution in [1.82, 2.24) is 0 Å². The monoisotopic (exact) mass is 321 g/mol. The lowest BCUT2D eigenvalue weighted by Crippen LogP contribution is -2.03. The number of carbonyl (C=O) groups excluding carboxylic acids is 1. The summed E-state index contributed by atoms with van der Waals surface area (Å²) in [5.41, 5.74) is 3.65. The summed E-state index contributed by atoms with van der Waals surface area (Å²) in [5, 5.41) is 3.98. The van der Waals surface area contributed by atoms with Gasteiger partial charge in [0.1, 0.15) is 0 Å². The van der Waals surface area contributed by atoms with Gasteiger partial charge in [0.25, 0.3) is 0 Å². The van der Waals surface area contributed by atoms with Gasteiger partial charge in [-0.1, -0.05) is 41.9 Å². The van der Waals surface area contributed by atoms with E-state index in [2.05, 4.69) is 5.32 Å². The lowest BCUT2D eigenvalue weighted by molar-refractivity contribution is 0.0993. The van der Waals surface area contributed by atoms with Crippen LogP contribution in [0.15, 0.2) is 78.9 Å². The molecule has 0 spiro atoms. The number of rotatable bonds is 5. The highest BCUT2D eigenvalue weighted by atomic mass is 35.5. The summed E-state index contributed by atoms with van der Waals surface area (Å²) >= 11 is 5.86. The van der Waals surface area contributed by atoms with Crippen LogP contribution < -0.4 is 5.32 Å². The molecule has 0 heterocycles. The third-order valence-electron chi connectivity index (χ3n) is 3.55. The first-order chi connectivity index (χ1) is 11.2. The SMILES string of the molecule is O=C(Cc1ccc(Cl)cc1)c1ccc(Nc2ccccc2)cc1. The van der Waals surface area contributed by atoms with Crippen LogP contribution in [0.25, 0.3) is 0 Å². The zero-order chi connectivity index (χ0) is 16.1. The maximum absolute atomic E-state index is 12.3. The van der Waals surface area contributed by atoms with E-state index in [1.165, 1.54) is 0 Å². The molecule has 114 valence electrons. The molecule has 0 aliphatic carbocycles. The first-order valence-corrected chi connectivity index (χ1v) is 7.78. The Balaban J connectivity index is 1.66. The number of carbonyl (C=O) groups is 1. The van der Waals surface area contributed by atoms with Crippen molar-refractivity contribution in [2.45, 2.75) is 6.42 Å². The van der Waals surface area contributed by atoms with Crippen LogP contribution in [-0.2, 0) is 6.42 Å². The second kappa shape index (κ2) is 7.12. The van der Waals surface area contributed by atoms with E-state index >= 15 is 0 Å². The Morgan fingerprint density at radius 3 is 2.04 bits per heavy atom. The van der Waals surface area contributed by atoms with Crippen LogP contribution in [0, 0.1) is 0 Å². The van der Waals surface area contributed by atoms with Gasteiger partial charge in [-0.2, -0.15) is 0 Å². The predicted molar refractivity (Wildman–Crippen MR) is 95.7 cm³/mol. The zero-order valence-corrected chi connectivity index (χ0v) is 13.3. The molecule has 0 aliphatic rings. The number of hydrogen-bond donors (Lipinski definition) is 1. The Morgan fingerprint density at radius 2 is 1.39 bits per heavy atom. The van der Waals surface area contributed by atoms with E-state index in [1.807, 2.05) is 66.7 Å². The molecule has 3 heteroatoms. The van der Waals surface area contributed by atoms with E-state index in [1.54, 1.807) is 12.1 Å². The molecule has 23 heavy (non-hydrogen) atoms. The predicted octanol–water partition coefficient (Wildman–Crippen LogP) is 5.51. The number of ketones is 1. The number of benzene rings is 3. The normalized spacial score (nSPS) is 10.3. The highest BCUT2D eigenvalue weighted by molar-refractivity contribution is 6.30. The number of nitrogens with one attached hydrogen (secondary N) is 1. The molecule has 0 aromatic heterocycles. The van der Waals surface area contributed by atoms with Crippen LogP contribution in [0.1, 0.15) is 15.9 Å². The fourth-order valence-electron chi connectivity index (χ4n) is 2.32. The topological polar surface area (TPSA) is 29.1 Å². The summed E-state index contributed by atoms with van der Waals surface area (Å²) in [6.45, 7) is 0. The summed E-state index contributed by atoms with van der Waals surface area (Å²) in [4.78, 5) is 12.3. The van der Waals surface area contributed by atoms with Crippen LogP contribution in [0.5, 0.6) is 0 Å². The fraction of sp³-hybridized carbons (Fsp3) is 0.0500. The first kappa shape index (κ1) is 15.3. The molecule has 2 nitrogen and oxygen atoms in total. The average Bonchev–Trinajstić information content (AvgIpc) is 2.58. The van der Waals surface area contributed by atoms with Crippen molar-refractivity contribution in [2.75, 3.05) is 5.32 Å². The summed E-state index contributed by atoms with van der Waals surface area (Å²) in [6, 6.07) is 24.8. The highest BCUT2D eigenvalue weighted by Crippen LogP contribution is 2.18. The Bertz CT molecular complexity index is 780. The smallest absolute Gasteiger partial charge is 0.167 e. The molecule has 0 amide bonds. The number of anilines is 2. The fourth-order valence-corrected chi connectivity index (χ4v) is 2.44. The van der Waals surface area contributed by atoms with Gasteiger partial charge >= 0.3 is 0 Å². The molecular formula is C20H16ClNO. The molecule has 0 saturated heterocycles. The molecule has 0 unspecified atom stereocenters. The number of halogens is 1. The van der Waals surface area contributed by atoms with Gasteiger partial charge in [0.15, 0.2) is 5.78 Å². The van der Waals surface area contributed by atoms with Gasteiger partial charge in [-0.15, -0.1) is 0 Å². The van der Waals surface area contributed by atoms with E-state index in [4.69, 9.17) is 11.6 Å².